The lowest BCUT2D eigenvalue weighted by molar-refractivity contribution is -0.294. The number of ether oxygens (including phenoxy) is 4. The number of methoxy groups -OCH3 is 1. The van der Waals surface area contributed by atoms with Gasteiger partial charge < -0.3 is 44.3 Å². The average Bonchev–Trinajstić information content (AvgIpc) is 2.89. The van der Waals surface area contributed by atoms with Gasteiger partial charge in [0.05, 0.1) is 23.7 Å². The Morgan fingerprint density at radius 2 is 1.56 bits per heavy atom. The fourth-order valence-corrected chi connectivity index (χ4v) is 6.50. The van der Waals surface area contributed by atoms with Crippen LogP contribution in [0.4, 0.5) is 0 Å². The Morgan fingerprint density at radius 1 is 0.976 bits per heavy atom. The molecule has 4 N–H and O–H groups in total. The topological polar surface area (TPSA) is 155 Å². The quantitative estimate of drug-likeness (QED) is 0.354. The SMILES string of the molecule is CC[C@H]1OC(=O)[C@H](C)[C@@H](O[C@H]2C[C@@](C)(OC)[C@@H](O)[C@H](C)O2)[C@H](C)C(=O)[C@](C)(O)C[C@@H](C)CN(C)[C@H](C)[C@@H](O)[C@]1(C)O. The summed E-state index contributed by atoms with van der Waals surface area (Å²) in [7, 11) is 3.28. The summed E-state index contributed by atoms with van der Waals surface area (Å²) in [5.74, 6) is -3.34. The molecule has 0 aliphatic carbocycles. The molecule has 0 aromatic carbocycles. The van der Waals surface area contributed by atoms with Crippen molar-refractivity contribution in [3.63, 3.8) is 0 Å². The third kappa shape index (κ3) is 7.86. The van der Waals surface area contributed by atoms with Crippen molar-refractivity contribution in [3.05, 3.63) is 0 Å². The maximum Gasteiger partial charge on any atom is 0.311 e. The van der Waals surface area contributed by atoms with Gasteiger partial charge in [0.15, 0.2) is 12.1 Å². The van der Waals surface area contributed by atoms with E-state index in [4.69, 9.17) is 18.9 Å². The molecule has 0 bridgehead atoms. The van der Waals surface area contributed by atoms with E-state index in [0.717, 1.165) is 0 Å². The number of nitrogens with zero attached hydrogens (tertiary/aromatic N) is 1. The fourth-order valence-electron chi connectivity index (χ4n) is 6.50. The number of hydrogen-bond acceptors (Lipinski definition) is 11. The summed E-state index contributed by atoms with van der Waals surface area (Å²) in [6, 6.07) is -0.519. The average molecular weight is 590 g/mol. The third-order valence-electron chi connectivity index (χ3n) is 9.46. The molecule has 0 unspecified atom stereocenters. The van der Waals surface area contributed by atoms with Crippen LogP contribution in [0.1, 0.15) is 81.6 Å². The second kappa shape index (κ2) is 13.6. The first-order valence-electron chi connectivity index (χ1n) is 14.8. The molecule has 0 saturated carbocycles. The van der Waals surface area contributed by atoms with Gasteiger partial charge in [-0.15, -0.1) is 0 Å². The van der Waals surface area contributed by atoms with Crippen molar-refractivity contribution in [3.8, 4) is 0 Å². The lowest BCUT2D eigenvalue weighted by atomic mass is 9.79. The van der Waals surface area contributed by atoms with E-state index in [-0.39, 0.29) is 25.2 Å². The zero-order chi connectivity index (χ0) is 31.7. The number of carbonyl (C=O) groups excluding carboxylic acids is 2. The van der Waals surface area contributed by atoms with Crippen LogP contribution >= 0.6 is 0 Å². The van der Waals surface area contributed by atoms with Gasteiger partial charge in [-0.3, -0.25) is 9.59 Å². The maximum atomic E-state index is 13.8. The molecule has 0 aromatic heterocycles. The van der Waals surface area contributed by atoms with E-state index in [0.29, 0.717) is 6.54 Å². The number of carbonyl (C=O) groups is 2. The summed E-state index contributed by atoms with van der Waals surface area (Å²) in [6.45, 7) is 15.4. The number of cyclic esters (lactones) is 1. The van der Waals surface area contributed by atoms with Crippen molar-refractivity contribution in [1.29, 1.82) is 0 Å². The van der Waals surface area contributed by atoms with Crippen LogP contribution in [0, 0.1) is 17.8 Å². The van der Waals surface area contributed by atoms with Gasteiger partial charge in [-0.25, -0.2) is 0 Å². The molecule has 240 valence electrons. The highest BCUT2D eigenvalue weighted by Crippen LogP contribution is 2.36. The summed E-state index contributed by atoms with van der Waals surface area (Å²) >= 11 is 0. The Morgan fingerprint density at radius 3 is 2.10 bits per heavy atom. The molecular weight excluding hydrogens is 534 g/mol. The normalized spacial score (nSPS) is 48.3. The van der Waals surface area contributed by atoms with Gasteiger partial charge in [0.1, 0.15) is 29.5 Å². The minimum Gasteiger partial charge on any atom is -0.459 e. The van der Waals surface area contributed by atoms with Gasteiger partial charge in [-0.05, 0) is 67.3 Å². The van der Waals surface area contributed by atoms with Crippen LogP contribution in [-0.4, -0.2) is 117 Å². The van der Waals surface area contributed by atoms with Crippen LogP contribution in [0.25, 0.3) is 0 Å². The lowest BCUT2D eigenvalue weighted by Gasteiger charge is -2.46. The molecule has 0 spiro atoms. The molecule has 2 aliphatic rings. The standard InChI is InChI=1S/C30H55NO10/c1-12-21-30(9,37)25(33)19(5)31(10)15-16(2)13-28(7,36)24(32)17(3)23(18(4)27(35)40-21)41-22-14-29(8,38-11)26(34)20(6)39-22/h16-23,25-26,33-34,36-37H,12-15H2,1-11H3/t16-,17+,18-,19-,20+,21-,22+,23+,25-,26+,28-,29-,30-/m1/s1. The summed E-state index contributed by atoms with van der Waals surface area (Å²) in [4.78, 5) is 29.2. The van der Waals surface area contributed by atoms with E-state index < -0.39 is 83.2 Å². The van der Waals surface area contributed by atoms with Crippen LogP contribution < -0.4 is 0 Å². The van der Waals surface area contributed by atoms with Crippen LogP contribution in [0.2, 0.25) is 0 Å². The predicted octanol–water partition coefficient (Wildman–Crippen LogP) is 1.66. The molecule has 0 radical (unpaired) electrons. The first-order valence-corrected chi connectivity index (χ1v) is 14.8. The molecule has 0 aromatic rings. The Balaban J connectivity index is 2.54. The number of aliphatic hydroxyl groups is 4. The van der Waals surface area contributed by atoms with Gasteiger partial charge in [-0.2, -0.15) is 0 Å². The van der Waals surface area contributed by atoms with E-state index in [2.05, 4.69) is 0 Å². The van der Waals surface area contributed by atoms with Crippen molar-refractivity contribution < 1.29 is 49.0 Å². The Bertz CT molecular complexity index is 896. The van der Waals surface area contributed by atoms with Crippen molar-refractivity contribution in [2.45, 2.75) is 141 Å². The molecular formula is C30H55NO10. The molecule has 2 rings (SSSR count). The second-order valence-electron chi connectivity index (χ2n) is 13.2. The minimum absolute atomic E-state index is 0.129. The van der Waals surface area contributed by atoms with Gasteiger partial charge in [-0.1, -0.05) is 20.8 Å². The van der Waals surface area contributed by atoms with Crippen molar-refractivity contribution in [1.82, 2.24) is 4.90 Å². The molecule has 11 heteroatoms. The number of likely N-dealkylation sites (N-methyl/N-ethyl adjacent to an activating group) is 1. The Hall–Kier alpha value is -1.18. The van der Waals surface area contributed by atoms with Crippen LogP contribution in [0.15, 0.2) is 0 Å². The van der Waals surface area contributed by atoms with Gasteiger partial charge >= 0.3 is 5.97 Å². The smallest absolute Gasteiger partial charge is 0.311 e. The predicted molar refractivity (Wildman–Crippen MR) is 152 cm³/mol. The van der Waals surface area contributed by atoms with Gasteiger partial charge in [0, 0.05) is 32.0 Å². The lowest BCUT2D eigenvalue weighted by Crippen LogP contribution is -2.59. The number of rotatable bonds is 4. The summed E-state index contributed by atoms with van der Waals surface area (Å²) in [6.07, 6.45) is -5.40. The van der Waals surface area contributed by atoms with Crippen molar-refractivity contribution >= 4 is 11.8 Å². The highest BCUT2D eigenvalue weighted by Gasteiger charge is 2.50. The molecule has 13 atom stereocenters. The molecule has 11 nitrogen and oxygen atoms in total. The van der Waals surface area contributed by atoms with E-state index in [1.165, 1.54) is 21.0 Å². The summed E-state index contributed by atoms with van der Waals surface area (Å²) in [5.41, 5.74) is -4.50. The highest BCUT2D eigenvalue weighted by atomic mass is 16.7. The van der Waals surface area contributed by atoms with Gasteiger partial charge in [0.2, 0.25) is 0 Å². The molecule has 2 fully saturated rings. The second-order valence-corrected chi connectivity index (χ2v) is 13.2. The molecule has 2 heterocycles. The molecule has 2 saturated heterocycles. The number of ketones is 1. The monoisotopic (exact) mass is 589 g/mol. The number of aliphatic hydroxyl groups excluding tert-OH is 2. The van der Waals surface area contributed by atoms with Gasteiger partial charge in [0.25, 0.3) is 0 Å². The Kier molecular flexibility index (Phi) is 12.0. The van der Waals surface area contributed by atoms with Crippen LogP contribution in [-0.2, 0) is 28.5 Å². The van der Waals surface area contributed by atoms with E-state index >= 15 is 0 Å². The first kappa shape index (κ1) is 36.0. The molecule has 0 amide bonds. The maximum absolute atomic E-state index is 13.8. The largest absolute Gasteiger partial charge is 0.459 e. The van der Waals surface area contributed by atoms with Crippen LogP contribution in [0.5, 0.6) is 0 Å². The summed E-state index contributed by atoms with van der Waals surface area (Å²) < 4.78 is 23.6. The van der Waals surface area contributed by atoms with E-state index in [1.807, 2.05) is 11.8 Å². The first-order chi connectivity index (χ1) is 18.7. The molecule has 2 aliphatic heterocycles. The Labute approximate surface area is 245 Å². The fraction of sp³-hybridized carbons (Fsp3) is 0.933. The zero-order valence-electron chi connectivity index (χ0n) is 26.8. The number of Topliss-reactive ketones (excluding diaryl/α,β-unsaturated/α-hetero) is 1. The number of esters is 1. The van der Waals surface area contributed by atoms with Crippen molar-refractivity contribution in [2.24, 2.45) is 17.8 Å². The minimum atomic E-state index is -1.77. The zero-order valence-corrected chi connectivity index (χ0v) is 26.8. The van der Waals surface area contributed by atoms with Crippen molar-refractivity contribution in [2.75, 3.05) is 20.7 Å². The number of hydrogen-bond donors (Lipinski definition) is 4. The summed E-state index contributed by atoms with van der Waals surface area (Å²) in [5, 5.41) is 44.6. The highest BCUT2D eigenvalue weighted by molar-refractivity contribution is 5.89. The van der Waals surface area contributed by atoms with Crippen LogP contribution in [0.3, 0.4) is 0 Å². The molecule has 41 heavy (non-hydrogen) atoms. The van der Waals surface area contributed by atoms with E-state index in [1.54, 1.807) is 48.6 Å². The van der Waals surface area contributed by atoms with E-state index in [9.17, 15) is 30.0 Å². The third-order valence-corrected chi connectivity index (χ3v) is 9.46.